The lowest BCUT2D eigenvalue weighted by Gasteiger charge is -2.29. The Balaban J connectivity index is 1.02. The zero-order valence-electron chi connectivity index (χ0n) is 31.9. The van der Waals surface area contributed by atoms with Gasteiger partial charge < -0.3 is 38.7 Å². The Bertz CT molecular complexity index is 2320. The van der Waals surface area contributed by atoms with Crippen LogP contribution in [0.3, 0.4) is 0 Å². The van der Waals surface area contributed by atoms with Gasteiger partial charge in [-0.1, -0.05) is 36.4 Å². The number of hydrogen-bond acceptors (Lipinski definition) is 10. The minimum Gasteiger partial charge on any atom is -0.493 e. The quantitative estimate of drug-likeness (QED) is 0.0737. The number of aromatic amines is 1. The first-order valence-electron chi connectivity index (χ1n) is 18.6. The molecule has 56 heavy (non-hydrogen) atoms. The Morgan fingerprint density at radius 1 is 0.786 bits per heavy atom. The number of ether oxygens (including phenoxy) is 6. The molecule has 12 heteroatoms. The van der Waals surface area contributed by atoms with Crippen LogP contribution < -0.4 is 14.8 Å². The monoisotopic (exact) mass is 758 g/mol. The van der Waals surface area contributed by atoms with Crippen molar-refractivity contribution in [3.05, 3.63) is 119 Å². The maximum atomic E-state index is 13.4. The van der Waals surface area contributed by atoms with E-state index in [2.05, 4.69) is 56.6 Å². The molecule has 0 aliphatic carbocycles. The van der Waals surface area contributed by atoms with Crippen LogP contribution in [0.1, 0.15) is 37.5 Å². The number of methoxy groups -OCH3 is 3. The van der Waals surface area contributed by atoms with Crippen LogP contribution in [-0.2, 0) is 38.5 Å². The van der Waals surface area contributed by atoms with E-state index in [4.69, 9.17) is 28.4 Å². The van der Waals surface area contributed by atoms with Crippen molar-refractivity contribution in [3.63, 3.8) is 0 Å². The molecule has 6 aromatic rings. The topological polar surface area (TPSA) is 133 Å². The van der Waals surface area contributed by atoms with E-state index >= 15 is 0 Å². The maximum absolute atomic E-state index is 13.4. The van der Waals surface area contributed by atoms with Crippen LogP contribution in [0.25, 0.3) is 33.1 Å². The van der Waals surface area contributed by atoms with Crippen molar-refractivity contribution in [3.8, 4) is 22.8 Å². The minimum absolute atomic E-state index is 0.242. The summed E-state index contributed by atoms with van der Waals surface area (Å²) in [6, 6.07) is 29.1. The van der Waals surface area contributed by atoms with Gasteiger partial charge in [0.15, 0.2) is 11.5 Å². The first-order valence-corrected chi connectivity index (χ1v) is 18.6. The van der Waals surface area contributed by atoms with Crippen molar-refractivity contribution in [1.29, 1.82) is 0 Å². The molecule has 0 saturated heterocycles. The minimum atomic E-state index is -0.552. The van der Waals surface area contributed by atoms with Crippen LogP contribution in [-0.4, -0.2) is 94.3 Å². The predicted octanol–water partition coefficient (Wildman–Crippen LogP) is 7.05. The lowest BCUT2D eigenvalue weighted by atomic mass is 9.98. The fourth-order valence-corrected chi connectivity index (χ4v) is 6.88. The number of hydrogen-bond donors (Lipinski definition) is 2. The number of nitrogens with zero attached hydrogens (tertiary/aromatic N) is 2. The number of benzene rings is 4. The zero-order valence-corrected chi connectivity index (χ0v) is 31.9. The number of para-hydroxylation sites is 1. The molecule has 2 N–H and O–H groups in total. The van der Waals surface area contributed by atoms with Crippen molar-refractivity contribution < 1.29 is 38.0 Å². The number of fused-ring (bicyclic) bond motifs is 3. The standard InChI is InChI=1S/C44H46N4O8/c1-51-16-17-54-18-19-55-20-21-56-42-26-34-28-48(15-14-31(34)25-41(42)52-2)27-29-8-12-37-33(22-29)24-39(46-37)32-9-11-35(44(50)53-3)40(23-32)47-43(49)38-13-10-30-6-4-5-7-36(30)45-38/h4-13,22-26,46H,14-21,27-28H2,1-3H3,(H,47,49). The zero-order chi connectivity index (χ0) is 38.9. The van der Waals surface area contributed by atoms with E-state index in [0.717, 1.165) is 59.4 Å². The van der Waals surface area contributed by atoms with Gasteiger partial charge >= 0.3 is 5.97 Å². The second kappa shape index (κ2) is 18.2. The molecule has 2 aromatic heterocycles. The molecule has 0 bridgehead atoms. The summed E-state index contributed by atoms with van der Waals surface area (Å²) in [5.74, 6) is 0.458. The van der Waals surface area contributed by atoms with E-state index in [1.165, 1.54) is 23.8 Å². The summed E-state index contributed by atoms with van der Waals surface area (Å²) in [6.07, 6.45) is 0.909. The average molecular weight is 759 g/mol. The third-order valence-corrected chi connectivity index (χ3v) is 9.77. The van der Waals surface area contributed by atoms with Crippen molar-refractivity contribution >= 4 is 39.4 Å². The summed E-state index contributed by atoms with van der Waals surface area (Å²) in [5.41, 5.74) is 7.83. The number of pyridine rings is 1. The number of anilines is 1. The molecule has 290 valence electrons. The highest BCUT2D eigenvalue weighted by atomic mass is 16.6. The van der Waals surface area contributed by atoms with Gasteiger partial charge in [0.05, 0.1) is 64.0 Å². The molecular weight excluding hydrogens is 713 g/mol. The van der Waals surface area contributed by atoms with Gasteiger partial charge in [-0.25, -0.2) is 9.78 Å². The van der Waals surface area contributed by atoms with E-state index in [1.54, 1.807) is 32.4 Å². The highest BCUT2D eigenvalue weighted by molar-refractivity contribution is 6.08. The summed E-state index contributed by atoms with van der Waals surface area (Å²) in [6.45, 7) is 5.47. The van der Waals surface area contributed by atoms with Gasteiger partial charge in [0.1, 0.15) is 12.3 Å². The molecule has 0 unspecified atom stereocenters. The summed E-state index contributed by atoms with van der Waals surface area (Å²) in [4.78, 5) is 36.5. The van der Waals surface area contributed by atoms with Crippen LogP contribution in [0.2, 0.25) is 0 Å². The molecule has 0 saturated carbocycles. The fourth-order valence-electron chi connectivity index (χ4n) is 6.88. The van der Waals surface area contributed by atoms with Crippen LogP contribution in [0.4, 0.5) is 5.69 Å². The second-order valence-electron chi connectivity index (χ2n) is 13.5. The number of carbonyl (C=O) groups is 2. The molecule has 0 radical (unpaired) electrons. The van der Waals surface area contributed by atoms with Crippen LogP contribution in [0.15, 0.2) is 91.0 Å². The van der Waals surface area contributed by atoms with Crippen molar-refractivity contribution in [1.82, 2.24) is 14.9 Å². The van der Waals surface area contributed by atoms with E-state index < -0.39 is 11.9 Å². The highest BCUT2D eigenvalue weighted by Crippen LogP contribution is 2.35. The molecule has 0 fully saturated rings. The molecule has 1 aliphatic heterocycles. The molecule has 7 rings (SSSR count). The third-order valence-electron chi connectivity index (χ3n) is 9.77. The number of carbonyl (C=O) groups excluding carboxylic acids is 2. The second-order valence-corrected chi connectivity index (χ2v) is 13.5. The lowest BCUT2D eigenvalue weighted by Crippen LogP contribution is -2.30. The van der Waals surface area contributed by atoms with Crippen LogP contribution in [0.5, 0.6) is 11.5 Å². The Morgan fingerprint density at radius 3 is 2.41 bits per heavy atom. The Hall–Kier alpha value is -5.79. The van der Waals surface area contributed by atoms with E-state index in [-0.39, 0.29) is 11.3 Å². The summed E-state index contributed by atoms with van der Waals surface area (Å²) in [7, 11) is 4.63. The predicted molar refractivity (Wildman–Crippen MR) is 215 cm³/mol. The largest absolute Gasteiger partial charge is 0.493 e. The SMILES string of the molecule is COCCOCCOCCOc1cc2c(cc1OC)CCN(Cc1ccc3[nH]c(-c4ccc(C(=O)OC)c(NC(=O)c5ccc6ccccc6n5)c4)cc3c1)C2. The molecule has 0 spiro atoms. The average Bonchev–Trinajstić information content (AvgIpc) is 3.66. The fraction of sp³-hybridized carbons (Fsp3) is 0.295. The van der Waals surface area contributed by atoms with Gasteiger partial charge in [-0.2, -0.15) is 0 Å². The van der Waals surface area contributed by atoms with E-state index in [1.807, 2.05) is 36.4 Å². The number of aromatic nitrogens is 2. The summed E-state index contributed by atoms with van der Waals surface area (Å²) in [5, 5.41) is 4.88. The number of H-pyrrole nitrogens is 1. The molecule has 12 nitrogen and oxygen atoms in total. The smallest absolute Gasteiger partial charge is 0.339 e. The van der Waals surface area contributed by atoms with Crippen LogP contribution >= 0.6 is 0 Å². The van der Waals surface area contributed by atoms with Crippen molar-refractivity contribution in [2.75, 3.05) is 72.8 Å². The maximum Gasteiger partial charge on any atom is 0.339 e. The molecule has 1 aliphatic rings. The van der Waals surface area contributed by atoms with Crippen molar-refractivity contribution in [2.45, 2.75) is 19.5 Å². The molecule has 3 heterocycles. The molecular formula is C44H46N4O8. The highest BCUT2D eigenvalue weighted by Gasteiger charge is 2.21. The first kappa shape index (κ1) is 38.5. The van der Waals surface area contributed by atoms with Gasteiger partial charge in [0.2, 0.25) is 0 Å². The van der Waals surface area contributed by atoms with Crippen LogP contribution in [0, 0.1) is 0 Å². The Kier molecular flexibility index (Phi) is 12.5. The number of nitrogens with one attached hydrogen (secondary N) is 2. The van der Waals surface area contributed by atoms with Gasteiger partial charge in [-0.3, -0.25) is 9.69 Å². The van der Waals surface area contributed by atoms with Crippen molar-refractivity contribution in [2.24, 2.45) is 0 Å². The Morgan fingerprint density at radius 2 is 1.59 bits per heavy atom. The summed E-state index contributed by atoms with van der Waals surface area (Å²) < 4.78 is 32.8. The van der Waals surface area contributed by atoms with Gasteiger partial charge in [0.25, 0.3) is 5.91 Å². The van der Waals surface area contributed by atoms with E-state index in [9.17, 15) is 9.59 Å². The normalized spacial score (nSPS) is 12.8. The van der Waals surface area contributed by atoms with Gasteiger partial charge in [0, 0.05) is 54.3 Å². The molecule has 0 atom stereocenters. The summed E-state index contributed by atoms with van der Waals surface area (Å²) >= 11 is 0. The third kappa shape index (κ3) is 9.18. The number of amides is 1. The van der Waals surface area contributed by atoms with Gasteiger partial charge in [-0.15, -0.1) is 0 Å². The van der Waals surface area contributed by atoms with E-state index in [0.29, 0.717) is 56.6 Å². The van der Waals surface area contributed by atoms with Gasteiger partial charge in [-0.05, 0) is 77.7 Å². The molecule has 1 amide bonds. The lowest BCUT2D eigenvalue weighted by molar-refractivity contribution is 0.0178. The number of rotatable bonds is 17. The molecule has 4 aromatic carbocycles. The Labute approximate surface area is 325 Å². The first-order chi connectivity index (χ1) is 27.4. The number of esters is 1.